The molecule has 0 radical (unpaired) electrons. The Hall–Kier alpha value is -2.21. The van der Waals surface area contributed by atoms with Gasteiger partial charge in [0.1, 0.15) is 17.3 Å². The van der Waals surface area contributed by atoms with Crippen LogP contribution in [0.5, 0.6) is 0 Å². The summed E-state index contributed by atoms with van der Waals surface area (Å²) >= 11 is 0. The highest BCUT2D eigenvalue weighted by Gasteiger charge is 2.17. The molecule has 3 heteroatoms. The molecule has 3 nitrogen and oxygen atoms in total. The molecule has 0 saturated heterocycles. The zero-order chi connectivity index (χ0) is 14.9. The lowest BCUT2D eigenvalue weighted by atomic mass is 10.0. The number of nitrogen functional groups attached to an aromatic ring is 1. The Morgan fingerprint density at radius 2 is 2.00 bits per heavy atom. The number of aromatic nitrogens is 2. The van der Waals surface area contributed by atoms with Crippen LogP contribution in [-0.4, -0.2) is 9.55 Å². The van der Waals surface area contributed by atoms with Crippen LogP contribution in [0.2, 0.25) is 0 Å². The molecular formula is C17H21N3. The van der Waals surface area contributed by atoms with Gasteiger partial charge in [-0.25, -0.2) is 4.98 Å². The van der Waals surface area contributed by atoms with Crippen LogP contribution in [0.3, 0.4) is 0 Å². The molecule has 0 unspecified atom stereocenters. The van der Waals surface area contributed by atoms with Crippen LogP contribution in [0.4, 0.5) is 5.82 Å². The summed E-state index contributed by atoms with van der Waals surface area (Å²) in [6.07, 6.45) is 5.44. The summed E-state index contributed by atoms with van der Waals surface area (Å²) in [4.78, 5) is 4.71. The van der Waals surface area contributed by atoms with Gasteiger partial charge in [0.2, 0.25) is 0 Å². The molecule has 0 aliphatic heterocycles. The minimum Gasteiger partial charge on any atom is -0.383 e. The summed E-state index contributed by atoms with van der Waals surface area (Å²) in [5, 5.41) is 0. The van der Waals surface area contributed by atoms with Crippen molar-refractivity contribution in [2.45, 2.75) is 40.2 Å². The molecule has 104 valence electrons. The second-order valence-electron chi connectivity index (χ2n) is 5.45. The van der Waals surface area contributed by atoms with Gasteiger partial charge in [0.05, 0.1) is 6.54 Å². The minimum absolute atomic E-state index is 0.283. The van der Waals surface area contributed by atoms with Crippen molar-refractivity contribution in [3.05, 3.63) is 35.2 Å². The van der Waals surface area contributed by atoms with E-state index in [0.29, 0.717) is 12.4 Å². The second kappa shape index (κ2) is 5.42. The molecule has 20 heavy (non-hydrogen) atoms. The molecular weight excluding hydrogens is 246 g/mol. The van der Waals surface area contributed by atoms with Crippen molar-refractivity contribution in [1.82, 2.24) is 9.55 Å². The second-order valence-corrected chi connectivity index (χ2v) is 5.45. The third-order valence-electron chi connectivity index (χ3n) is 3.58. The van der Waals surface area contributed by atoms with E-state index in [1.165, 1.54) is 11.1 Å². The number of rotatable bonds is 3. The Morgan fingerprint density at radius 3 is 2.55 bits per heavy atom. The van der Waals surface area contributed by atoms with Gasteiger partial charge in [0, 0.05) is 11.5 Å². The van der Waals surface area contributed by atoms with Gasteiger partial charge in [-0.05, 0) is 31.0 Å². The van der Waals surface area contributed by atoms with Gasteiger partial charge in [0.15, 0.2) is 0 Å². The Balaban J connectivity index is 2.60. The van der Waals surface area contributed by atoms with Crippen LogP contribution in [-0.2, 0) is 6.54 Å². The summed E-state index contributed by atoms with van der Waals surface area (Å²) < 4.78 is 1.93. The number of anilines is 1. The van der Waals surface area contributed by atoms with Crippen LogP contribution >= 0.6 is 0 Å². The standard InChI is InChI=1S/C17H21N3/c1-6-9-20-16(18)15(19-17(20)11(2)3)14-8-7-12(4)13(5)10-14/h1,7-8,10-11H,9,18H2,2-5H3. The summed E-state index contributed by atoms with van der Waals surface area (Å²) in [5.41, 5.74) is 10.6. The van der Waals surface area contributed by atoms with Crippen molar-refractivity contribution in [2.75, 3.05) is 5.73 Å². The topological polar surface area (TPSA) is 43.8 Å². The average Bonchev–Trinajstić information content (AvgIpc) is 2.72. The first-order valence-corrected chi connectivity index (χ1v) is 6.82. The molecule has 2 rings (SSSR count). The Morgan fingerprint density at radius 1 is 1.30 bits per heavy atom. The highest BCUT2D eigenvalue weighted by molar-refractivity contribution is 5.72. The molecule has 1 aromatic carbocycles. The Labute approximate surface area is 120 Å². The van der Waals surface area contributed by atoms with Gasteiger partial charge in [0.25, 0.3) is 0 Å². The molecule has 0 amide bonds. The third-order valence-corrected chi connectivity index (χ3v) is 3.58. The van der Waals surface area contributed by atoms with Gasteiger partial charge in [-0.15, -0.1) is 6.42 Å². The zero-order valence-corrected chi connectivity index (χ0v) is 12.6. The lowest BCUT2D eigenvalue weighted by molar-refractivity contribution is 0.691. The molecule has 0 aliphatic carbocycles. The lowest BCUT2D eigenvalue weighted by Crippen LogP contribution is -2.07. The Bertz CT molecular complexity index is 672. The van der Waals surface area contributed by atoms with Crippen molar-refractivity contribution >= 4 is 5.82 Å². The van der Waals surface area contributed by atoms with E-state index in [1.807, 2.05) is 4.57 Å². The Kier molecular flexibility index (Phi) is 3.85. The van der Waals surface area contributed by atoms with Gasteiger partial charge >= 0.3 is 0 Å². The number of hydrogen-bond donors (Lipinski definition) is 1. The van der Waals surface area contributed by atoms with Crippen LogP contribution in [0.25, 0.3) is 11.3 Å². The molecule has 0 atom stereocenters. The minimum atomic E-state index is 0.283. The number of hydrogen-bond acceptors (Lipinski definition) is 2. The fourth-order valence-electron chi connectivity index (χ4n) is 2.28. The maximum Gasteiger partial charge on any atom is 0.132 e. The average molecular weight is 267 g/mol. The van der Waals surface area contributed by atoms with Crippen LogP contribution in [0.15, 0.2) is 18.2 Å². The van der Waals surface area contributed by atoms with Gasteiger partial charge in [-0.2, -0.15) is 0 Å². The van der Waals surface area contributed by atoms with Crippen molar-refractivity contribution in [3.8, 4) is 23.6 Å². The van der Waals surface area contributed by atoms with E-state index >= 15 is 0 Å². The van der Waals surface area contributed by atoms with E-state index in [4.69, 9.17) is 17.1 Å². The van der Waals surface area contributed by atoms with Gasteiger partial charge in [-0.3, -0.25) is 0 Å². The lowest BCUT2D eigenvalue weighted by Gasteiger charge is -2.08. The van der Waals surface area contributed by atoms with E-state index in [9.17, 15) is 0 Å². The molecule has 1 aromatic heterocycles. The number of imidazole rings is 1. The number of terminal acetylenes is 1. The van der Waals surface area contributed by atoms with E-state index < -0.39 is 0 Å². The largest absolute Gasteiger partial charge is 0.383 e. The molecule has 0 saturated carbocycles. The summed E-state index contributed by atoms with van der Waals surface area (Å²) in [6, 6.07) is 6.28. The monoisotopic (exact) mass is 267 g/mol. The molecule has 1 heterocycles. The molecule has 0 bridgehead atoms. The fraction of sp³-hybridized carbons (Fsp3) is 0.353. The summed E-state index contributed by atoms with van der Waals surface area (Å²) in [5.74, 6) is 4.52. The van der Waals surface area contributed by atoms with Crippen molar-refractivity contribution < 1.29 is 0 Å². The molecule has 0 fully saturated rings. The van der Waals surface area contributed by atoms with Gasteiger partial charge < -0.3 is 10.3 Å². The number of aryl methyl sites for hydroxylation is 2. The van der Waals surface area contributed by atoms with E-state index in [-0.39, 0.29) is 5.92 Å². The van der Waals surface area contributed by atoms with Crippen molar-refractivity contribution in [1.29, 1.82) is 0 Å². The quantitative estimate of drug-likeness (QED) is 0.865. The SMILES string of the molecule is C#CCn1c(C(C)C)nc(-c2ccc(C)c(C)c2)c1N. The first-order chi connectivity index (χ1) is 9.45. The van der Waals surface area contributed by atoms with Crippen molar-refractivity contribution in [2.24, 2.45) is 0 Å². The van der Waals surface area contributed by atoms with E-state index in [1.54, 1.807) is 0 Å². The molecule has 2 N–H and O–H groups in total. The number of nitrogens with zero attached hydrogens (tertiary/aromatic N) is 2. The maximum atomic E-state index is 6.25. The molecule has 2 aromatic rings. The van der Waals surface area contributed by atoms with Crippen molar-refractivity contribution in [3.63, 3.8) is 0 Å². The number of nitrogens with two attached hydrogens (primary N) is 1. The van der Waals surface area contributed by atoms with Crippen LogP contribution < -0.4 is 5.73 Å². The molecule has 0 aliphatic rings. The normalized spacial score (nSPS) is 10.8. The maximum absolute atomic E-state index is 6.25. The smallest absolute Gasteiger partial charge is 0.132 e. The third kappa shape index (κ3) is 2.42. The molecule has 0 spiro atoms. The predicted octanol–water partition coefficient (Wildman–Crippen LogP) is 3.51. The highest BCUT2D eigenvalue weighted by atomic mass is 15.1. The first-order valence-electron chi connectivity index (χ1n) is 6.82. The number of benzene rings is 1. The first kappa shape index (κ1) is 14.2. The summed E-state index contributed by atoms with van der Waals surface area (Å²) in [7, 11) is 0. The van der Waals surface area contributed by atoms with Gasteiger partial charge in [-0.1, -0.05) is 31.9 Å². The zero-order valence-electron chi connectivity index (χ0n) is 12.6. The summed E-state index contributed by atoms with van der Waals surface area (Å²) in [6.45, 7) is 8.84. The van der Waals surface area contributed by atoms with E-state index in [2.05, 4.69) is 51.8 Å². The highest BCUT2D eigenvalue weighted by Crippen LogP contribution is 2.30. The van der Waals surface area contributed by atoms with Crippen LogP contribution in [0.1, 0.15) is 36.7 Å². The fourth-order valence-corrected chi connectivity index (χ4v) is 2.28. The predicted molar refractivity (Wildman–Crippen MR) is 84.5 cm³/mol. The van der Waals surface area contributed by atoms with Crippen LogP contribution in [0, 0.1) is 26.2 Å². The van der Waals surface area contributed by atoms with E-state index in [0.717, 1.165) is 17.1 Å².